The monoisotopic (exact) mass is 486 g/mol. The molecule has 2 aromatic heterocycles. The van der Waals surface area contributed by atoms with Crippen LogP contribution in [0.4, 0.5) is 18.9 Å². The van der Waals surface area contributed by atoms with Crippen LogP contribution in [0.3, 0.4) is 0 Å². The lowest BCUT2D eigenvalue weighted by Gasteiger charge is -2.47. The van der Waals surface area contributed by atoms with E-state index >= 15 is 0 Å². The second-order valence-electron chi connectivity index (χ2n) is 9.78. The molecular weight excluding hydrogens is 457 g/mol. The first-order valence-electron chi connectivity index (χ1n) is 11.6. The van der Waals surface area contributed by atoms with Gasteiger partial charge in [0.05, 0.1) is 35.9 Å². The molecule has 1 saturated carbocycles. The number of amides is 1. The molecule has 2 N–H and O–H groups in total. The van der Waals surface area contributed by atoms with Crippen molar-refractivity contribution < 1.29 is 18.0 Å². The van der Waals surface area contributed by atoms with Gasteiger partial charge in [-0.25, -0.2) is 14.6 Å². The number of alkyl halides is 3. The smallest absolute Gasteiger partial charge is 0.375 e. The number of aromatic nitrogens is 4. The topological polar surface area (TPSA) is 84.7 Å². The molecule has 1 fully saturated rings. The van der Waals surface area contributed by atoms with Crippen LogP contribution in [-0.4, -0.2) is 32.2 Å². The summed E-state index contributed by atoms with van der Waals surface area (Å²) in [6.45, 7) is 7.11. The highest BCUT2D eigenvalue weighted by molar-refractivity contribution is 5.94. The molecule has 186 valence electrons. The second kappa shape index (κ2) is 9.67. The maximum absolute atomic E-state index is 12.9. The molecular formula is C25H29F3N6O. The summed E-state index contributed by atoms with van der Waals surface area (Å²) in [5.74, 6) is 0.337. The van der Waals surface area contributed by atoms with Crippen LogP contribution in [0.2, 0.25) is 0 Å². The summed E-state index contributed by atoms with van der Waals surface area (Å²) >= 11 is 0. The minimum atomic E-state index is -4.48. The fourth-order valence-corrected chi connectivity index (χ4v) is 4.52. The molecule has 0 aliphatic heterocycles. The van der Waals surface area contributed by atoms with Crippen LogP contribution in [0.15, 0.2) is 49.1 Å². The Morgan fingerprint density at radius 1 is 1.14 bits per heavy atom. The zero-order valence-corrected chi connectivity index (χ0v) is 19.9. The van der Waals surface area contributed by atoms with Gasteiger partial charge in [0, 0.05) is 18.3 Å². The predicted molar refractivity (Wildman–Crippen MR) is 126 cm³/mol. The molecule has 1 aromatic carbocycles. The fourth-order valence-electron chi connectivity index (χ4n) is 4.52. The van der Waals surface area contributed by atoms with Gasteiger partial charge in [-0.05, 0) is 48.3 Å². The molecule has 0 spiro atoms. The molecule has 35 heavy (non-hydrogen) atoms. The molecule has 4 rings (SSSR count). The lowest BCUT2D eigenvalue weighted by Crippen LogP contribution is -2.38. The molecule has 7 nitrogen and oxygen atoms in total. The van der Waals surface area contributed by atoms with E-state index in [0.29, 0.717) is 23.7 Å². The minimum Gasteiger partial charge on any atom is -0.375 e. The van der Waals surface area contributed by atoms with Crippen molar-refractivity contribution in [3.8, 4) is 5.95 Å². The summed E-state index contributed by atoms with van der Waals surface area (Å²) in [5.41, 5.74) is 1.71. The van der Waals surface area contributed by atoms with Gasteiger partial charge in [0.25, 0.3) is 11.9 Å². The second-order valence-corrected chi connectivity index (χ2v) is 9.78. The maximum Gasteiger partial charge on any atom is 0.419 e. The molecule has 1 unspecified atom stereocenters. The molecule has 0 radical (unpaired) electrons. The summed E-state index contributed by atoms with van der Waals surface area (Å²) in [7, 11) is 0. The Morgan fingerprint density at radius 2 is 1.80 bits per heavy atom. The molecule has 2 heterocycles. The quantitative estimate of drug-likeness (QED) is 0.445. The van der Waals surface area contributed by atoms with Crippen LogP contribution >= 0.6 is 0 Å². The van der Waals surface area contributed by atoms with Crippen LogP contribution in [0.5, 0.6) is 0 Å². The van der Waals surface area contributed by atoms with Crippen molar-refractivity contribution in [3.63, 3.8) is 0 Å². The number of halogens is 3. The van der Waals surface area contributed by atoms with Gasteiger partial charge in [-0.15, -0.1) is 0 Å². The van der Waals surface area contributed by atoms with E-state index in [1.165, 1.54) is 0 Å². The Kier molecular flexibility index (Phi) is 6.82. The first-order chi connectivity index (χ1) is 16.6. The van der Waals surface area contributed by atoms with Gasteiger partial charge in [-0.3, -0.25) is 4.79 Å². The third-order valence-electron chi connectivity index (χ3n) is 6.24. The number of carbonyl (C=O) groups excluding carboxylic acids is 1. The number of benzene rings is 1. The highest BCUT2D eigenvalue weighted by atomic mass is 19.4. The van der Waals surface area contributed by atoms with Crippen molar-refractivity contribution in [1.29, 1.82) is 0 Å². The van der Waals surface area contributed by atoms with Crippen molar-refractivity contribution in [2.24, 2.45) is 11.3 Å². The number of carbonyl (C=O) groups is 1. The first kappa shape index (κ1) is 24.7. The van der Waals surface area contributed by atoms with Crippen LogP contribution in [-0.2, 0) is 6.18 Å². The van der Waals surface area contributed by atoms with E-state index in [9.17, 15) is 18.0 Å². The van der Waals surface area contributed by atoms with Gasteiger partial charge >= 0.3 is 6.18 Å². The van der Waals surface area contributed by atoms with E-state index in [2.05, 4.69) is 39.5 Å². The molecule has 10 heteroatoms. The van der Waals surface area contributed by atoms with Gasteiger partial charge in [-0.2, -0.15) is 18.3 Å². The molecule has 1 amide bonds. The van der Waals surface area contributed by atoms with E-state index in [0.717, 1.165) is 41.9 Å². The number of anilines is 1. The van der Waals surface area contributed by atoms with E-state index in [-0.39, 0.29) is 23.3 Å². The largest absolute Gasteiger partial charge is 0.419 e. The maximum atomic E-state index is 12.9. The average molecular weight is 487 g/mol. The summed E-state index contributed by atoms with van der Waals surface area (Å²) in [5, 5.41) is 10.1. The normalized spacial score (nSPS) is 16.4. The van der Waals surface area contributed by atoms with Crippen LogP contribution in [0, 0.1) is 11.3 Å². The van der Waals surface area contributed by atoms with E-state index in [4.69, 9.17) is 0 Å². The van der Waals surface area contributed by atoms with E-state index in [1.54, 1.807) is 12.4 Å². The molecule has 0 bridgehead atoms. The molecule has 0 saturated heterocycles. The third kappa shape index (κ3) is 5.80. The Bertz CT molecular complexity index is 1150. The van der Waals surface area contributed by atoms with E-state index in [1.807, 2.05) is 31.2 Å². The van der Waals surface area contributed by atoms with Gasteiger partial charge in [0.1, 0.15) is 0 Å². The zero-order valence-electron chi connectivity index (χ0n) is 19.9. The third-order valence-corrected chi connectivity index (χ3v) is 6.24. The van der Waals surface area contributed by atoms with Crippen molar-refractivity contribution in [2.75, 3.05) is 11.9 Å². The average Bonchev–Trinajstić information content (AvgIpc) is 3.31. The lowest BCUT2D eigenvalue weighted by atomic mass is 9.61. The van der Waals surface area contributed by atoms with Crippen molar-refractivity contribution in [3.05, 3.63) is 65.7 Å². The van der Waals surface area contributed by atoms with Gasteiger partial charge in [-0.1, -0.05) is 32.9 Å². The number of hydrogen-bond donors (Lipinski definition) is 2. The molecule has 1 aliphatic carbocycles. The molecule has 3 aromatic rings. The molecule has 1 atom stereocenters. The van der Waals surface area contributed by atoms with Crippen LogP contribution < -0.4 is 10.6 Å². The number of nitrogens with one attached hydrogen (secondary N) is 2. The van der Waals surface area contributed by atoms with Gasteiger partial charge in [0.2, 0.25) is 0 Å². The Balaban J connectivity index is 1.51. The minimum absolute atomic E-state index is 0.0215. The summed E-state index contributed by atoms with van der Waals surface area (Å²) in [6, 6.07) is 7.55. The van der Waals surface area contributed by atoms with Crippen LogP contribution in [0.1, 0.15) is 67.6 Å². The highest BCUT2D eigenvalue weighted by Crippen LogP contribution is 2.51. The van der Waals surface area contributed by atoms with Crippen molar-refractivity contribution in [1.82, 2.24) is 25.1 Å². The van der Waals surface area contributed by atoms with Crippen LogP contribution in [0.25, 0.3) is 5.95 Å². The summed E-state index contributed by atoms with van der Waals surface area (Å²) in [4.78, 5) is 20.6. The fraction of sp³-hybridized carbons (Fsp3) is 0.440. The Hall–Kier alpha value is -3.43. The van der Waals surface area contributed by atoms with Gasteiger partial charge in [0.15, 0.2) is 0 Å². The summed E-state index contributed by atoms with van der Waals surface area (Å²) in [6.07, 6.45) is 3.16. The number of hydrogen-bond acceptors (Lipinski definition) is 5. The standard InChI is InChI=1S/C25H29F3N6O/c1-4-9-29-22(35)17-7-5-16(6-8-17)21(18-10-24(2,3)11-18)33-20-13-30-23(31-14-20)34-15-19(12-32-34)25(26,27)28/h5-8,12-15,18,21,33H,4,9-11H2,1-3H3,(H,29,35). The first-order valence-corrected chi connectivity index (χ1v) is 11.6. The Labute approximate surface area is 202 Å². The SMILES string of the molecule is CCCNC(=O)c1ccc(C(Nc2cnc(-n3cc(C(F)(F)F)cn3)nc2)C2CC(C)(C)C2)cc1. The molecule has 1 aliphatic rings. The van der Waals surface area contributed by atoms with Gasteiger partial charge < -0.3 is 10.6 Å². The van der Waals surface area contributed by atoms with Crippen molar-refractivity contribution in [2.45, 2.75) is 52.3 Å². The Morgan fingerprint density at radius 3 is 2.34 bits per heavy atom. The van der Waals surface area contributed by atoms with E-state index < -0.39 is 11.7 Å². The number of rotatable bonds is 8. The lowest BCUT2D eigenvalue weighted by molar-refractivity contribution is -0.137. The van der Waals surface area contributed by atoms with Crippen molar-refractivity contribution >= 4 is 11.6 Å². The number of nitrogens with zero attached hydrogens (tertiary/aromatic N) is 4. The zero-order chi connectivity index (χ0) is 25.2. The predicted octanol–water partition coefficient (Wildman–Crippen LogP) is 5.41. The summed E-state index contributed by atoms with van der Waals surface area (Å²) < 4.78 is 39.6. The highest BCUT2D eigenvalue weighted by Gasteiger charge is 2.41.